The molecule has 1 amide bonds. The number of amides is 1. The molecule has 1 aromatic heterocycles. The van der Waals surface area contributed by atoms with Crippen LogP contribution in [0.1, 0.15) is 38.3 Å². The first-order chi connectivity index (χ1) is 19.0. The molecule has 0 unspecified atom stereocenters. The molecule has 1 fully saturated rings. The molecule has 2 aromatic carbocycles. The Balaban J connectivity index is 0.000000216. The molecule has 0 atom stereocenters. The molecule has 3 aromatic rings. The highest BCUT2D eigenvalue weighted by molar-refractivity contribution is 6.11. The molecule has 8 heteroatoms. The summed E-state index contributed by atoms with van der Waals surface area (Å²) in [7, 11) is 3.41. The van der Waals surface area contributed by atoms with Crippen LogP contribution in [-0.4, -0.2) is 74.3 Å². The molecule has 0 aliphatic carbocycles. The first-order valence-electron chi connectivity index (χ1n) is 13.3. The molecule has 0 saturated carbocycles. The SMILES string of the molecule is CCOc1ccnc(N2CCN(C(=O)CC)CC2)c1.CN=C(N=C(C)c1ccccc1)c1ccc(OC)cc1. The summed E-state index contributed by atoms with van der Waals surface area (Å²) in [5.41, 5.74) is 3.02. The van der Waals surface area contributed by atoms with Crippen LogP contribution in [0.4, 0.5) is 5.82 Å². The Morgan fingerprint density at radius 1 is 0.923 bits per heavy atom. The number of aliphatic imine (C=N–C) groups is 2. The quantitative estimate of drug-likeness (QED) is 0.314. The highest BCUT2D eigenvalue weighted by Crippen LogP contribution is 2.20. The lowest BCUT2D eigenvalue weighted by atomic mass is 10.1. The summed E-state index contributed by atoms with van der Waals surface area (Å²) >= 11 is 0. The number of amidine groups is 1. The van der Waals surface area contributed by atoms with Gasteiger partial charge in [-0.1, -0.05) is 37.3 Å². The minimum atomic E-state index is 0.232. The van der Waals surface area contributed by atoms with Crippen molar-refractivity contribution in [3.8, 4) is 11.5 Å². The molecule has 8 nitrogen and oxygen atoms in total. The van der Waals surface area contributed by atoms with E-state index >= 15 is 0 Å². The first kappa shape index (κ1) is 29.4. The number of hydrogen-bond donors (Lipinski definition) is 0. The average molecular weight is 530 g/mol. The molecule has 0 N–H and O–H groups in total. The second-order valence-corrected chi connectivity index (χ2v) is 8.84. The Morgan fingerprint density at radius 3 is 2.21 bits per heavy atom. The number of hydrogen-bond acceptors (Lipinski definition) is 6. The Hall–Kier alpha value is -4.20. The monoisotopic (exact) mass is 529 g/mol. The van der Waals surface area contributed by atoms with Crippen LogP contribution in [0, 0.1) is 0 Å². The predicted molar refractivity (Wildman–Crippen MR) is 159 cm³/mol. The van der Waals surface area contributed by atoms with E-state index in [2.05, 4.69) is 19.9 Å². The summed E-state index contributed by atoms with van der Waals surface area (Å²) in [6, 6.07) is 21.7. The fourth-order valence-electron chi connectivity index (χ4n) is 4.12. The zero-order valence-corrected chi connectivity index (χ0v) is 23.6. The number of aromatic nitrogens is 1. The van der Waals surface area contributed by atoms with Crippen molar-refractivity contribution in [3.63, 3.8) is 0 Å². The number of anilines is 1. The topological polar surface area (TPSA) is 79.6 Å². The Bertz CT molecular complexity index is 1230. The van der Waals surface area contributed by atoms with Gasteiger partial charge in [0.1, 0.15) is 17.3 Å². The third-order valence-electron chi connectivity index (χ3n) is 6.31. The van der Waals surface area contributed by atoms with E-state index in [1.165, 1.54) is 0 Å². The van der Waals surface area contributed by atoms with Crippen LogP contribution in [0.25, 0.3) is 0 Å². The molecule has 2 heterocycles. The lowest BCUT2D eigenvalue weighted by Gasteiger charge is -2.35. The van der Waals surface area contributed by atoms with Gasteiger partial charge in [0.05, 0.1) is 13.7 Å². The number of methoxy groups -OCH3 is 1. The van der Waals surface area contributed by atoms with Gasteiger partial charge in [0.2, 0.25) is 5.91 Å². The predicted octanol–water partition coefficient (Wildman–Crippen LogP) is 5.12. The van der Waals surface area contributed by atoms with Gasteiger partial charge in [-0.25, -0.2) is 9.98 Å². The van der Waals surface area contributed by atoms with Crippen LogP contribution in [-0.2, 0) is 4.79 Å². The van der Waals surface area contributed by atoms with Gasteiger partial charge in [0, 0.05) is 63.2 Å². The van der Waals surface area contributed by atoms with E-state index < -0.39 is 0 Å². The fraction of sp³-hybridized carbons (Fsp3) is 0.355. The van der Waals surface area contributed by atoms with Crippen molar-refractivity contribution in [1.29, 1.82) is 0 Å². The van der Waals surface area contributed by atoms with Crippen molar-refractivity contribution >= 4 is 23.3 Å². The van der Waals surface area contributed by atoms with Crippen LogP contribution < -0.4 is 14.4 Å². The fourth-order valence-corrected chi connectivity index (χ4v) is 4.12. The summed E-state index contributed by atoms with van der Waals surface area (Å²) in [5.74, 6) is 3.55. The summed E-state index contributed by atoms with van der Waals surface area (Å²) in [6.45, 7) is 9.71. The van der Waals surface area contributed by atoms with Gasteiger partial charge in [0.15, 0.2) is 5.84 Å². The van der Waals surface area contributed by atoms with Crippen LogP contribution in [0.3, 0.4) is 0 Å². The Morgan fingerprint density at radius 2 is 1.62 bits per heavy atom. The highest BCUT2D eigenvalue weighted by atomic mass is 16.5. The van der Waals surface area contributed by atoms with Crippen LogP contribution in [0.15, 0.2) is 82.9 Å². The van der Waals surface area contributed by atoms with Gasteiger partial charge in [-0.15, -0.1) is 0 Å². The van der Waals surface area contributed by atoms with E-state index in [4.69, 9.17) is 9.47 Å². The third kappa shape index (κ3) is 8.67. The second-order valence-electron chi connectivity index (χ2n) is 8.84. The smallest absolute Gasteiger partial charge is 0.222 e. The summed E-state index contributed by atoms with van der Waals surface area (Å²) < 4.78 is 10.6. The maximum absolute atomic E-state index is 11.6. The number of carbonyl (C=O) groups excluding carboxylic acids is 1. The zero-order chi connectivity index (χ0) is 28.0. The van der Waals surface area contributed by atoms with Crippen molar-refractivity contribution in [2.75, 3.05) is 51.8 Å². The molecule has 1 saturated heterocycles. The molecular weight excluding hydrogens is 490 g/mol. The summed E-state index contributed by atoms with van der Waals surface area (Å²) in [5, 5.41) is 0. The minimum Gasteiger partial charge on any atom is -0.497 e. The number of carbonyl (C=O) groups is 1. The molecule has 206 valence electrons. The molecule has 39 heavy (non-hydrogen) atoms. The Kier molecular flexibility index (Phi) is 11.5. The van der Waals surface area contributed by atoms with E-state index in [1.807, 2.05) is 92.4 Å². The number of piperazine rings is 1. The van der Waals surface area contributed by atoms with Crippen LogP contribution in [0.5, 0.6) is 11.5 Å². The molecule has 0 bridgehead atoms. The van der Waals surface area contributed by atoms with Gasteiger partial charge >= 0.3 is 0 Å². The van der Waals surface area contributed by atoms with E-state index in [1.54, 1.807) is 20.4 Å². The minimum absolute atomic E-state index is 0.232. The molecular formula is C31H39N5O3. The van der Waals surface area contributed by atoms with E-state index in [9.17, 15) is 4.79 Å². The van der Waals surface area contributed by atoms with Gasteiger partial charge < -0.3 is 19.3 Å². The van der Waals surface area contributed by atoms with Crippen molar-refractivity contribution < 1.29 is 14.3 Å². The third-order valence-corrected chi connectivity index (χ3v) is 6.31. The average Bonchev–Trinajstić information content (AvgIpc) is 3.00. The molecule has 4 rings (SSSR count). The van der Waals surface area contributed by atoms with Crippen molar-refractivity contribution in [3.05, 3.63) is 84.1 Å². The van der Waals surface area contributed by atoms with Gasteiger partial charge in [-0.2, -0.15) is 0 Å². The number of rotatable bonds is 7. The van der Waals surface area contributed by atoms with E-state index in [-0.39, 0.29) is 5.91 Å². The van der Waals surface area contributed by atoms with Crippen molar-refractivity contribution in [2.24, 2.45) is 9.98 Å². The zero-order valence-electron chi connectivity index (χ0n) is 23.6. The molecule has 0 radical (unpaired) electrons. The van der Waals surface area contributed by atoms with Gasteiger partial charge in [0.25, 0.3) is 0 Å². The molecule has 0 spiro atoms. The van der Waals surface area contributed by atoms with Crippen LogP contribution in [0.2, 0.25) is 0 Å². The lowest BCUT2D eigenvalue weighted by molar-refractivity contribution is -0.131. The summed E-state index contributed by atoms with van der Waals surface area (Å²) in [6.07, 6.45) is 2.35. The van der Waals surface area contributed by atoms with E-state index in [0.29, 0.717) is 18.9 Å². The largest absolute Gasteiger partial charge is 0.497 e. The maximum atomic E-state index is 11.6. The normalized spacial score (nSPS) is 13.9. The lowest BCUT2D eigenvalue weighted by Crippen LogP contribution is -2.48. The number of benzene rings is 2. The second kappa shape index (κ2) is 15.3. The maximum Gasteiger partial charge on any atom is 0.222 e. The Labute approximate surface area is 232 Å². The molecule has 1 aliphatic rings. The van der Waals surface area contributed by atoms with Crippen molar-refractivity contribution in [2.45, 2.75) is 27.2 Å². The number of nitrogens with zero attached hydrogens (tertiary/aromatic N) is 5. The number of pyridine rings is 1. The van der Waals surface area contributed by atoms with Gasteiger partial charge in [-0.05, 0) is 49.7 Å². The molecule has 1 aliphatic heterocycles. The standard InChI is InChI=1S/C17H18N2O.C14H21N3O2/c1-13(14-7-5-4-6-8-14)19-17(18-2)15-9-11-16(20-3)12-10-15;1-3-14(18)17-9-7-16(8-10-17)13-11-12(19-4-2)5-6-15-13/h4-12H,1-3H3;5-6,11H,3-4,7-10H2,1-2H3. The van der Waals surface area contributed by atoms with Crippen LogP contribution >= 0.6 is 0 Å². The highest BCUT2D eigenvalue weighted by Gasteiger charge is 2.20. The van der Waals surface area contributed by atoms with Crippen molar-refractivity contribution in [1.82, 2.24) is 9.88 Å². The van der Waals surface area contributed by atoms with E-state index in [0.717, 1.165) is 60.3 Å². The number of ether oxygens (including phenoxy) is 2. The first-order valence-corrected chi connectivity index (χ1v) is 13.3. The summed E-state index contributed by atoms with van der Waals surface area (Å²) in [4.78, 5) is 29.0. The van der Waals surface area contributed by atoms with Gasteiger partial charge in [-0.3, -0.25) is 9.79 Å².